The van der Waals surface area contributed by atoms with E-state index in [0.29, 0.717) is 32.2 Å². The molecule has 5 unspecified atom stereocenters. The lowest BCUT2D eigenvalue weighted by Crippen LogP contribution is -2.58. The number of hydrogen-bond acceptors (Lipinski definition) is 7. The Morgan fingerprint density at radius 2 is 1.43 bits per heavy atom. The SMILES string of the molecule is CCC(C)C(NC(=O)C(N)CC(C)C)C(=O)NC(CCCCN)C(=O)NC(CCC(=O)O)C(=O)O. The van der Waals surface area contributed by atoms with Crippen molar-refractivity contribution in [2.45, 2.75) is 96.8 Å². The molecule has 3 amide bonds. The highest BCUT2D eigenvalue weighted by Gasteiger charge is 2.32. The van der Waals surface area contributed by atoms with Crippen LogP contribution in [0.2, 0.25) is 0 Å². The molecule has 0 saturated carbocycles. The topological polar surface area (TPSA) is 214 Å². The van der Waals surface area contributed by atoms with Crippen LogP contribution in [0.4, 0.5) is 0 Å². The predicted molar refractivity (Wildman–Crippen MR) is 130 cm³/mol. The van der Waals surface area contributed by atoms with Gasteiger partial charge in [0.1, 0.15) is 18.1 Å². The molecule has 12 heteroatoms. The Hall–Kier alpha value is -2.73. The highest BCUT2D eigenvalue weighted by Crippen LogP contribution is 2.12. The molecule has 0 aliphatic rings. The number of amides is 3. The summed E-state index contributed by atoms with van der Waals surface area (Å²) in [7, 11) is 0. The number of carboxylic acids is 2. The van der Waals surface area contributed by atoms with E-state index in [1.54, 1.807) is 6.92 Å². The fraction of sp³-hybridized carbons (Fsp3) is 0.783. The van der Waals surface area contributed by atoms with Crippen molar-refractivity contribution in [1.82, 2.24) is 16.0 Å². The molecule has 0 aromatic heterocycles. The van der Waals surface area contributed by atoms with Gasteiger partial charge in [0, 0.05) is 6.42 Å². The van der Waals surface area contributed by atoms with Gasteiger partial charge in [0.2, 0.25) is 17.7 Å². The molecule has 0 aliphatic heterocycles. The average Bonchev–Trinajstić information content (AvgIpc) is 2.77. The molecule has 0 aliphatic carbocycles. The van der Waals surface area contributed by atoms with Gasteiger partial charge in [0.15, 0.2) is 0 Å². The third-order valence-electron chi connectivity index (χ3n) is 5.70. The molecule has 0 saturated heterocycles. The summed E-state index contributed by atoms with van der Waals surface area (Å²) in [5.74, 6) is -4.46. The fourth-order valence-electron chi connectivity index (χ4n) is 3.40. The number of aliphatic carboxylic acids is 2. The maximum atomic E-state index is 13.1. The molecule has 0 aromatic rings. The summed E-state index contributed by atoms with van der Waals surface area (Å²) >= 11 is 0. The second kappa shape index (κ2) is 16.8. The second-order valence-electron chi connectivity index (χ2n) is 9.29. The van der Waals surface area contributed by atoms with Gasteiger partial charge in [-0.1, -0.05) is 34.1 Å². The van der Waals surface area contributed by atoms with Crippen LogP contribution >= 0.6 is 0 Å². The van der Waals surface area contributed by atoms with Gasteiger partial charge < -0.3 is 37.6 Å². The largest absolute Gasteiger partial charge is 0.481 e. The Bertz CT molecular complexity index is 716. The van der Waals surface area contributed by atoms with Crippen molar-refractivity contribution in [3.63, 3.8) is 0 Å². The lowest BCUT2D eigenvalue weighted by atomic mass is 9.96. The summed E-state index contributed by atoms with van der Waals surface area (Å²) in [4.78, 5) is 60.9. The van der Waals surface area contributed by atoms with Crippen molar-refractivity contribution in [2.75, 3.05) is 6.54 Å². The molecular formula is C23H43N5O7. The molecule has 0 heterocycles. The van der Waals surface area contributed by atoms with Crippen molar-refractivity contribution in [2.24, 2.45) is 23.3 Å². The quantitative estimate of drug-likeness (QED) is 0.125. The van der Waals surface area contributed by atoms with Crippen LogP contribution in [-0.2, 0) is 24.0 Å². The van der Waals surface area contributed by atoms with E-state index in [2.05, 4.69) is 16.0 Å². The minimum absolute atomic E-state index is 0.186. The predicted octanol–water partition coefficient (Wildman–Crippen LogP) is -0.0613. The monoisotopic (exact) mass is 501 g/mol. The minimum Gasteiger partial charge on any atom is -0.481 e. The number of carbonyl (C=O) groups is 5. The highest BCUT2D eigenvalue weighted by molar-refractivity contribution is 5.94. The van der Waals surface area contributed by atoms with Crippen molar-refractivity contribution in [3.05, 3.63) is 0 Å². The van der Waals surface area contributed by atoms with E-state index in [1.165, 1.54) is 0 Å². The molecule has 0 radical (unpaired) electrons. The number of unbranched alkanes of at least 4 members (excludes halogenated alkanes) is 1. The van der Waals surface area contributed by atoms with Gasteiger partial charge >= 0.3 is 11.9 Å². The van der Waals surface area contributed by atoms with Crippen molar-refractivity contribution >= 4 is 29.7 Å². The van der Waals surface area contributed by atoms with Crippen LogP contribution < -0.4 is 27.4 Å². The van der Waals surface area contributed by atoms with E-state index in [1.807, 2.05) is 20.8 Å². The van der Waals surface area contributed by atoms with Gasteiger partial charge in [0.25, 0.3) is 0 Å². The van der Waals surface area contributed by atoms with Crippen molar-refractivity contribution in [1.29, 1.82) is 0 Å². The van der Waals surface area contributed by atoms with E-state index in [9.17, 15) is 29.1 Å². The van der Waals surface area contributed by atoms with Crippen LogP contribution in [0.5, 0.6) is 0 Å². The zero-order valence-electron chi connectivity index (χ0n) is 21.2. The zero-order chi connectivity index (χ0) is 27.1. The molecule has 0 spiro atoms. The van der Waals surface area contributed by atoms with E-state index in [-0.39, 0.29) is 24.7 Å². The average molecular weight is 502 g/mol. The Balaban J connectivity index is 5.57. The standard InChI is InChI=1S/C23H43N5O7/c1-5-14(4)19(28-20(31)15(25)12-13(2)3)22(33)26-16(8-6-7-11-24)21(32)27-17(23(34)35)9-10-18(29)30/h13-17,19H,5-12,24-25H2,1-4H3,(H,26,33)(H,27,32)(H,28,31)(H,29,30)(H,34,35). The Labute approximate surface area is 206 Å². The summed E-state index contributed by atoms with van der Waals surface area (Å²) in [5.41, 5.74) is 11.5. The first-order valence-electron chi connectivity index (χ1n) is 12.1. The van der Waals surface area contributed by atoms with Crippen LogP contribution in [0, 0.1) is 11.8 Å². The Kier molecular flexibility index (Phi) is 15.5. The summed E-state index contributed by atoms with van der Waals surface area (Å²) < 4.78 is 0. The molecule has 5 atom stereocenters. The van der Waals surface area contributed by atoms with Gasteiger partial charge in [-0.3, -0.25) is 19.2 Å². The van der Waals surface area contributed by atoms with E-state index < -0.39 is 60.2 Å². The Morgan fingerprint density at radius 1 is 0.829 bits per heavy atom. The zero-order valence-corrected chi connectivity index (χ0v) is 21.2. The summed E-state index contributed by atoms with van der Waals surface area (Å²) in [6, 6.07) is -4.25. The minimum atomic E-state index is -1.42. The molecule has 0 bridgehead atoms. The van der Waals surface area contributed by atoms with E-state index in [0.717, 1.165) is 0 Å². The summed E-state index contributed by atoms with van der Waals surface area (Å²) in [6.07, 6.45) is 1.52. The molecular weight excluding hydrogens is 458 g/mol. The van der Waals surface area contributed by atoms with Gasteiger partial charge in [-0.2, -0.15) is 0 Å². The first-order valence-corrected chi connectivity index (χ1v) is 12.1. The molecule has 35 heavy (non-hydrogen) atoms. The van der Waals surface area contributed by atoms with Gasteiger partial charge in [-0.25, -0.2) is 4.79 Å². The number of nitrogens with two attached hydrogens (primary N) is 2. The molecule has 0 aromatic carbocycles. The van der Waals surface area contributed by atoms with Crippen LogP contribution in [0.15, 0.2) is 0 Å². The number of carbonyl (C=O) groups excluding carboxylic acids is 3. The van der Waals surface area contributed by atoms with Crippen LogP contribution in [0.1, 0.15) is 72.6 Å². The maximum Gasteiger partial charge on any atom is 0.326 e. The molecule has 0 rings (SSSR count). The first kappa shape index (κ1) is 32.3. The highest BCUT2D eigenvalue weighted by atomic mass is 16.4. The van der Waals surface area contributed by atoms with E-state index >= 15 is 0 Å². The van der Waals surface area contributed by atoms with E-state index in [4.69, 9.17) is 16.6 Å². The maximum absolute atomic E-state index is 13.1. The Morgan fingerprint density at radius 3 is 1.91 bits per heavy atom. The number of rotatable bonds is 18. The van der Waals surface area contributed by atoms with Crippen LogP contribution in [-0.4, -0.2) is 70.6 Å². The first-order chi connectivity index (χ1) is 16.3. The lowest BCUT2D eigenvalue weighted by Gasteiger charge is -2.28. The third-order valence-corrected chi connectivity index (χ3v) is 5.70. The number of carboxylic acid groups (broad SMARTS) is 2. The second-order valence-corrected chi connectivity index (χ2v) is 9.29. The van der Waals surface area contributed by atoms with Crippen LogP contribution in [0.25, 0.3) is 0 Å². The van der Waals surface area contributed by atoms with Gasteiger partial charge in [0.05, 0.1) is 6.04 Å². The van der Waals surface area contributed by atoms with Crippen LogP contribution in [0.3, 0.4) is 0 Å². The normalized spacial score (nSPS) is 15.4. The molecule has 9 N–H and O–H groups in total. The molecule has 0 fully saturated rings. The van der Waals surface area contributed by atoms with Crippen molar-refractivity contribution < 1.29 is 34.2 Å². The fourth-order valence-corrected chi connectivity index (χ4v) is 3.40. The number of hydrogen-bond donors (Lipinski definition) is 7. The third kappa shape index (κ3) is 13.1. The smallest absolute Gasteiger partial charge is 0.326 e. The molecule has 12 nitrogen and oxygen atoms in total. The summed E-state index contributed by atoms with van der Waals surface area (Å²) in [6.45, 7) is 7.87. The van der Waals surface area contributed by atoms with Crippen molar-refractivity contribution in [3.8, 4) is 0 Å². The molecule has 202 valence electrons. The van der Waals surface area contributed by atoms with Gasteiger partial charge in [-0.15, -0.1) is 0 Å². The lowest BCUT2D eigenvalue weighted by molar-refractivity contribution is -0.143. The summed E-state index contributed by atoms with van der Waals surface area (Å²) in [5, 5.41) is 25.8. The van der Waals surface area contributed by atoms with Gasteiger partial charge in [-0.05, 0) is 50.5 Å². The number of nitrogens with one attached hydrogen (secondary N) is 3.